The maximum Gasteiger partial charge on any atom is 0.320 e. The van der Waals surface area contributed by atoms with Gasteiger partial charge < -0.3 is 9.47 Å². The van der Waals surface area contributed by atoms with Crippen molar-refractivity contribution in [1.82, 2.24) is 4.90 Å². The molecule has 0 saturated heterocycles. The van der Waals surface area contributed by atoms with Crippen molar-refractivity contribution in [2.45, 2.75) is 39.3 Å². The van der Waals surface area contributed by atoms with Gasteiger partial charge in [-0.3, -0.25) is 24.1 Å². The monoisotopic (exact) mass is 393 g/mol. The summed E-state index contributed by atoms with van der Waals surface area (Å²) in [4.78, 5) is 49.4. The second-order valence-corrected chi connectivity index (χ2v) is 6.34. The smallest absolute Gasteiger partial charge is 0.320 e. The van der Waals surface area contributed by atoms with Crippen molar-refractivity contribution in [1.29, 1.82) is 0 Å². The van der Waals surface area contributed by atoms with E-state index in [1.165, 1.54) is 0 Å². The van der Waals surface area contributed by atoms with E-state index in [9.17, 15) is 23.6 Å². The quantitative estimate of drug-likeness (QED) is 0.345. The van der Waals surface area contributed by atoms with Crippen LogP contribution in [-0.2, 0) is 19.1 Å². The van der Waals surface area contributed by atoms with Crippen molar-refractivity contribution in [3.05, 3.63) is 35.4 Å². The Morgan fingerprint density at radius 2 is 1.50 bits per heavy atom. The topological polar surface area (TPSA) is 90.0 Å². The zero-order chi connectivity index (χ0) is 20.7. The summed E-state index contributed by atoms with van der Waals surface area (Å²) in [5.41, 5.74) is 0.683. The first-order valence-electron chi connectivity index (χ1n) is 9.33. The van der Waals surface area contributed by atoms with Crippen LogP contribution < -0.4 is 0 Å². The van der Waals surface area contributed by atoms with Crippen LogP contribution in [0.3, 0.4) is 0 Å². The molecule has 2 rings (SSSR count). The fraction of sp³-hybridized carbons (Fsp3) is 0.500. The number of imide groups is 1. The summed E-state index contributed by atoms with van der Waals surface area (Å²) in [6.07, 6.45) is -1.64. The fourth-order valence-electron chi connectivity index (χ4n) is 3.06. The Kier molecular flexibility index (Phi) is 7.66. The van der Waals surface area contributed by atoms with Gasteiger partial charge in [-0.1, -0.05) is 12.1 Å². The molecule has 1 aromatic rings. The van der Waals surface area contributed by atoms with Crippen molar-refractivity contribution in [2.24, 2.45) is 5.92 Å². The van der Waals surface area contributed by atoms with Crippen LogP contribution in [0.4, 0.5) is 4.39 Å². The zero-order valence-electron chi connectivity index (χ0n) is 16.0. The predicted octanol–water partition coefficient (Wildman–Crippen LogP) is 2.53. The van der Waals surface area contributed by atoms with E-state index in [0.717, 1.165) is 4.90 Å². The van der Waals surface area contributed by atoms with Crippen molar-refractivity contribution >= 4 is 23.8 Å². The Balaban J connectivity index is 1.88. The average molecular weight is 393 g/mol. The largest absolute Gasteiger partial charge is 0.465 e. The number of alkyl halides is 1. The molecule has 8 heteroatoms. The molecule has 0 radical (unpaired) electrons. The summed E-state index contributed by atoms with van der Waals surface area (Å²) >= 11 is 0. The Bertz CT molecular complexity index is 697. The number of benzene rings is 1. The normalized spacial score (nSPS) is 14.2. The Morgan fingerprint density at radius 3 is 1.96 bits per heavy atom. The number of amides is 2. The van der Waals surface area contributed by atoms with Gasteiger partial charge in [-0.25, -0.2) is 4.39 Å². The first kappa shape index (κ1) is 21.5. The first-order valence-corrected chi connectivity index (χ1v) is 9.33. The van der Waals surface area contributed by atoms with Gasteiger partial charge in [-0.05, 0) is 38.8 Å². The van der Waals surface area contributed by atoms with Crippen molar-refractivity contribution < 1.29 is 33.0 Å². The molecule has 7 nitrogen and oxygen atoms in total. The maximum atomic E-state index is 14.4. The lowest BCUT2D eigenvalue weighted by atomic mass is 9.99. The van der Waals surface area contributed by atoms with Crippen LogP contribution in [0.5, 0.6) is 0 Å². The highest BCUT2D eigenvalue weighted by molar-refractivity contribution is 6.21. The molecule has 1 aromatic carbocycles. The van der Waals surface area contributed by atoms with Crippen LogP contribution in [0.25, 0.3) is 0 Å². The zero-order valence-corrected chi connectivity index (χ0v) is 16.0. The van der Waals surface area contributed by atoms with E-state index < -0.39 is 35.8 Å². The number of carbonyl (C=O) groups excluding carboxylic acids is 4. The number of hydrogen-bond donors (Lipinski definition) is 0. The molecule has 1 heterocycles. The Hall–Kier alpha value is -2.77. The first-order chi connectivity index (χ1) is 13.4. The minimum atomic E-state index is -1.48. The van der Waals surface area contributed by atoms with Crippen molar-refractivity contribution in [3.8, 4) is 0 Å². The number of nitrogens with zero attached hydrogens (tertiary/aromatic N) is 1. The van der Waals surface area contributed by atoms with E-state index in [2.05, 4.69) is 0 Å². The molecule has 0 fully saturated rings. The highest BCUT2D eigenvalue weighted by Gasteiger charge is 2.35. The van der Waals surface area contributed by atoms with E-state index in [1.54, 1.807) is 38.1 Å². The van der Waals surface area contributed by atoms with E-state index in [-0.39, 0.29) is 39.0 Å². The molecular weight excluding hydrogens is 369 g/mol. The summed E-state index contributed by atoms with van der Waals surface area (Å²) < 4.78 is 24.0. The van der Waals surface area contributed by atoms with Gasteiger partial charge in [-0.15, -0.1) is 0 Å². The number of esters is 2. The third-order valence-corrected chi connectivity index (χ3v) is 4.41. The van der Waals surface area contributed by atoms with Gasteiger partial charge in [-0.2, -0.15) is 0 Å². The summed E-state index contributed by atoms with van der Waals surface area (Å²) in [6, 6.07) is 6.51. The molecular formula is C20H24FNO6. The lowest BCUT2D eigenvalue weighted by molar-refractivity contribution is -0.162. The van der Waals surface area contributed by atoms with Gasteiger partial charge in [0.05, 0.1) is 24.3 Å². The number of halogens is 1. The van der Waals surface area contributed by atoms with Gasteiger partial charge in [0, 0.05) is 13.0 Å². The third-order valence-electron chi connectivity index (χ3n) is 4.41. The Labute approximate surface area is 162 Å². The number of rotatable bonds is 10. The molecule has 152 valence electrons. The lowest BCUT2D eigenvalue weighted by Crippen LogP contribution is -2.32. The summed E-state index contributed by atoms with van der Waals surface area (Å²) in [7, 11) is 0. The molecule has 1 aliphatic heterocycles. The van der Waals surface area contributed by atoms with Crippen LogP contribution in [0.15, 0.2) is 24.3 Å². The lowest BCUT2D eigenvalue weighted by Gasteiger charge is -2.18. The van der Waals surface area contributed by atoms with Gasteiger partial charge in [0.15, 0.2) is 5.92 Å². The SMILES string of the molecule is CCOC(=O)C(CC(F)CCCN1C(=O)c2ccccc2C1=O)C(=O)OCC. The second-order valence-electron chi connectivity index (χ2n) is 6.34. The highest BCUT2D eigenvalue weighted by Crippen LogP contribution is 2.24. The number of ether oxygens (including phenoxy) is 2. The summed E-state index contributed by atoms with van der Waals surface area (Å²) in [6.45, 7) is 3.40. The molecule has 0 aliphatic carbocycles. The van der Waals surface area contributed by atoms with E-state index in [4.69, 9.17) is 9.47 Å². The fourth-order valence-corrected chi connectivity index (χ4v) is 3.06. The molecule has 1 unspecified atom stereocenters. The van der Waals surface area contributed by atoms with Crippen molar-refractivity contribution in [2.75, 3.05) is 19.8 Å². The summed E-state index contributed by atoms with van der Waals surface area (Å²) in [5.74, 6) is -3.75. The minimum Gasteiger partial charge on any atom is -0.465 e. The van der Waals surface area contributed by atoms with E-state index in [1.807, 2.05) is 0 Å². The van der Waals surface area contributed by atoms with Crippen LogP contribution in [0.1, 0.15) is 53.8 Å². The maximum absolute atomic E-state index is 14.4. The predicted molar refractivity (Wildman–Crippen MR) is 97.3 cm³/mol. The molecule has 0 aromatic heterocycles. The van der Waals surface area contributed by atoms with Crippen LogP contribution >= 0.6 is 0 Å². The van der Waals surface area contributed by atoms with Gasteiger partial charge in [0.1, 0.15) is 6.17 Å². The molecule has 28 heavy (non-hydrogen) atoms. The van der Waals surface area contributed by atoms with Crippen molar-refractivity contribution in [3.63, 3.8) is 0 Å². The minimum absolute atomic E-state index is 0.0112. The van der Waals surface area contributed by atoms with Crippen LogP contribution in [0.2, 0.25) is 0 Å². The number of fused-ring (bicyclic) bond motifs is 1. The van der Waals surface area contributed by atoms with Gasteiger partial charge >= 0.3 is 11.9 Å². The van der Waals surface area contributed by atoms with Crippen LogP contribution in [0, 0.1) is 5.92 Å². The highest BCUT2D eigenvalue weighted by atomic mass is 19.1. The van der Waals surface area contributed by atoms with Gasteiger partial charge in [0.25, 0.3) is 11.8 Å². The number of hydrogen-bond acceptors (Lipinski definition) is 6. The average Bonchev–Trinajstić information content (AvgIpc) is 2.91. The summed E-state index contributed by atoms with van der Waals surface area (Å²) in [5, 5.41) is 0. The third kappa shape index (κ3) is 4.94. The molecule has 0 spiro atoms. The number of carbonyl (C=O) groups is 4. The van der Waals surface area contributed by atoms with E-state index in [0.29, 0.717) is 11.1 Å². The van der Waals surface area contributed by atoms with Crippen LogP contribution in [-0.4, -0.2) is 54.6 Å². The van der Waals surface area contributed by atoms with Gasteiger partial charge in [0.2, 0.25) is 0 Å². The molecule has 0 saturated carbocycles. The molecule has 1 atom stereocenters. The molecule has 0 N–H and O–H groups in total. The molecule has 0 bridgehead atoms. The molecule has 1 aliphatic rings. The Morgan fingerprint density at radius 1 is 1.00 bits per heavy atom. The second kappa shape index (κ2) is 9.96. The standard InChI is InChI=1S/C20H24FNO6/c1-3-27-19(25)16(20(26)28-4-2)12-13(21)8-7-11-22-17(23)14-9-5-6-10-15(14)18(22)24/h5-6,9-10,13,16H,3-4,7-8,11-12H2,1-2H3. The molecule has 2 amide bonds. The van der Waals surface area contributed by atoms with E-state index >= 15 is 0 Å².